The van der Waals surface area contributed by atoms with Crippen molar-refractivity contribution in [2.24, 2.45) is 0 Å². The number of rotatable bonds is 7. The summed E-state index contributed by atoms with van der Waals surface area (Å²) in [4.78, 5) is 36.8. The first kappa shape index (κ1) is 22.7. The van der Waals surface area contributed by atoms with E-state index in [0.717, 1.165) is 12.1 Å². The predicted molar refractivity (Wildman–Crippen MR) is 114 cm³/mol. The van der Waals surface area contributed by atoms with E-state index in [9.17, 15) is 23.2 Å². The highest BCUT2D eigenvalue weighted by Gasteiger charge is 2.35. The summed E-state index contributed by atoms with van der Waals surface area (Å²) in [5.41, 5.74) is -1.58. The van der Waals surface area contributed by atoms with E-state index in [1.807, 2.05) is 0 Å². The van der Waals surface area contributed by atoms with Gasteiger partial charge < -0.3 is 24.7 Å². The molecule has 0 saturated heterocycles. The molecule has 1 aromatic heterocycles. The number of ether oxygens (including phenoxy) is 1. The number of nitrogens with one attached hydrogen (secondary N) is 2. The predicted octanol–water partition coefficient (Wildman–Crippen LogP) is 3.25. The topological polar surface area (TPSA) is 89.4 Å². The highest BCUT2D eigenvalue weighted by Crippen LogP contribution is 2.30. The van der Waals surface area contributed by atoms with E-state index < -0.39 is 23.2 Å². The van der Waals surface area contributed by atoms with Crippen molar-refractivity contribution in [3.05, 3.63) is 93.9 Å². The summed E-state index contributed by atoms with van der Waals surface area (Å²) in [5, 5.41) is 4.86. The number of urea groups is 1. The number of carbonyl (C=O) groups is 2. The monoisotopic (exact) mass is 441 g/mol. The Morgan fingerprint density at radius 3 is 2.59 bits per heavy atom. The fraction of sp³-hybridized carbons (Fsp3) is 0.174. The molecule has 3 aromatic rings. The molecule has 166 valence electrons. The SMILES string of the molecule is CNC(=O)NC(C=O)(Cn1cccc(C)c1=O)c1ccc(Oc2cccc(F)c2)c(F)c1. The van der Waals surface area contributed by atoms with E-state index in [0.29, 0.717) is 11.8 Å². The standard InChI is InChI=1S/C23H21F2N3O4/c1-15-5-4-10-28(21(15)30)13-23(14-29,27-22(31)26-2)16-8-9-20(19(25)11-16)32-18-7-3-6-17(24)12-18/h3-12,14H,13H2,1-2H3,(H2,26,27,31). The summed E-state index contributed by atoms with van der Waals surface area (Å²) in [6, 6.07) is 11.4. The molecule has 0 fully saturated rings. The van der Waals surface area contributed by atoms with Crippen molar-refractivity contribution >= 4 is 12.3 Å². The van der Waals surface area contributed by atoms with Crippen LogP contribution in [0, 0.1) is 18.6 Å². The molecule has 3 rings (SSSR count). The summed E-state index contributed by atoms with van der Waals surface area (Å²) in [6.45, 7) is 1.35. The van der Waals surface area contributed by atoms with Crippen LogP contribution < -0.4 is 20.9 Å². The van der Waals surface area contributed by atoms with Crippen LogP contribution in [0.4, 0.5) is 13.6 Å². The lowest BCUT2D eigenvalue weighted by Crippen LogP contribution is -2.54. The van der Waals surface area contributed by atoms with Crippen LogP contribution in [-0.4, -0.2) is 23.9 Å². The first-order chi connectivity index (χ1) is 15.3. The molecule has 0 aliphatic rings. The number of benzene rings is 2. The minimum absolute atomic E-state index is 0.0908. The first-order valence-corrected chi connectivity index (χ1v) is 9.64. The molecule has 32 heavy (non-hydrogen) atoms. The minimum atomic E-state index is -1.75. The van der Waals surface area contributed by atoms with Gasteiger partial charge in [0.1, 0.15) is 17.1 Å². The molecular formula is C23H21F2N3O4. The molecule has 1 heterocycles. The number of hydrogen-bond acceptors (Lipinski definition) is 4. The summed E-state index contributed by atoms with van der Waals surface area (Å²) < 4.78 is 34.9. The smallest absolute Gasteiger partial charge is 0.315 e. The molecule has 0 aliphatic heterocycles. The number of aromatic nitrogens is 1. The van der Waals surface area contributed by atoms with Crippen LogP contribution in [0.25, 0.3) is 0 Å². The third kappa shape index (κ3) is 4.83. The molecule has 1 unspecified atom stereocenters. The van der Waals surface area contributed by atoms with Crippen molar-refractivity contribution in [2.45, 2.75) is 19.0 Å². The molecule has 0 spiro atoms. The van der Waals surface area contributed by atoms with Crippen molar-refractivity contribution in [3.63, 3.8) is 0 Å². The van der Waals surface area contributed by atoms with Crippen LogP contribution in [0.2, 0.25) is 0 Å². The molecule has 2 aromatic carbocycles. The Labute approximate surface area is 182 Å². The van der Waals surface area contributed by atoms with Crippen molar-refractivity contribution in [3.8, 4) is 11.5 Å². The Hall–Kier alpha value is -4.01. The summed E-state index contributed by atoms with van der Waals surface area (Å²) in [6.07, 6.45) is 1.91. The van der Waals surface area contributed by atoms with E-state index in [1.54, 1.807) is 19.1 Å². The van der Waals surface area contributed by atoms with Crippen LogP contribution in [0.3, 0.4) is 0 Å². The number of aldehydes is 1. The largest absolute Gasteiger partial charge is 0.454 e. The second-order valence-corrected chi connectivity index (χ2v) is 7.12. The van der Waals surface area contributed by atoms with Gasteiger partial charge in [0.2, 0.25) is 0 Å². The van der Waals surface area contributed by atoms with Gasteiger partial charge in [0.15, 0.2) is 17.9 Å². The van der Waals surface area contributed by atoms with Gasteiger partial charge in [-0.25, -0.2) is 13.6 Å². The molecule has 2 N–H and O–H groups in total. The van der Waals surface area contributed by atoms with Gasteiger partial charge in [-0.15, -0.1) is 0 Å². The van der Waals surface area contributed by atoms with Crippen molar-refractivity contribution in [2.75, 3.05) is 7.05 Å². The summed E-state index contributed by atoms with van der Waals surface area (Å²) >= 11 is 0. The maximum Gasteiger partial charge on any atom is 0.315 e. The average molecular weight is 441 g/mol. The fourth-order valence-electron chi connectivity index (χ4n) is 3.17. The Kier molecular flexibility index (Phi) is 6.67. The van der Waals surface area contributed by atoms with E-state index >= 15 is 0 Å². The molecule has 1 atom stereocenters. The van der Waals surface area contributed by atoms with Crippen molar-refractivity contribution in [1.29, 1.82) is 0 Å². The van der Waals surface area contributed by atoms with Crippen LogP contribution in [0.1, 0.15) is 11.1 Å². The third-order valence-corrected chi connectivity index (χ3v) is 4.87. The van der Waals surface area contributed by atoms with Crippen LogP contribution in [0.5, 0.6) is 11.5 Å². The lowest BCUT2D eigenvalue weighted by molar-refractivity contribution is -0.113. The van der Waals surface area contributed by atoms with E-state index in [2.05, 4.69) is 10.6 Å². The van der Waals surface area contributed by atoms with E-state index in [1.165, 1.54) is 48.1 Å². The molecule has 7 nitrogen and oxygen atoms in total. The zero-order chi connectivity index (χ0) is 23.3. The minimum Gasteiger partial charge on any atom is -0.454 e. The molecule has 0 saturated carbocycles. The van der Waals surface area contributed by atoms with Gasteiger partial charge in [-0.1, -0.05) is 18.2 Å². The van der Waals surface area contributed by atoms with Crippen LogP contribution >= 0.6 is 0 Å². The lowest BCUT2D eigenvalue weighted by Gasteiger charge is -2.30. The molecule has 0 aliphatic carbocycles. The highest BCUT2D eigenvalue weighted by atomic mass is 19.1. The second kappa shape index (κ2) is 9.42. The first-order valence-electron chi connectivity index (χ1n) is 9.64. The second-order valence-electron chi connectivity index (χ2n) is 7.12. The maximum atomic E-state index is 14.9. The van der Waals surface area contributed by atoms with Gasteiger partial charge in [-0.05, 0) is 42.8 Å². The number of aryl methyl sites for hydroxylation is 1. The summed E-state index contributed by atoms with van der Waals surface area (Å²) in [7, 11) is 1.36. The number of nitrogens with zero attached hydrogens (tertiary/aromatic N) is 1. The van der Waals surface area contributed by atoms with Gasteiger partial charge >= 0.3 is 6.03 Å². The quantitative estimate of drug-likeness (QED) is 0.551. The number of halogens is 2. The molecule has 9 heteroatoms. The lowest BCUT2D eigenvalue weighted by atomic mass is 9.90. The molecule has 2 amide bonds. The van der Waals surface area contributed by atoms with Crippen molar-refractivity contribution < 1.29 is 23.1 Å². The zero-order valence-electron chi connectivity index (χ0n) is 17.4. The number of hydrogen-bond donors (Lipinski definition) is 2. The Morgan fingerprint density at radius 2 is 1.94 bits per heavy atom. The van der Waals surface area contributed by atoms with Gasteiger partial charge in [-0.2, -0.15) is 0 Å². The van der Waals surface area contributed by atoms with Crippen LogP contribution in [0.15, 0.2) is 65.6 Å². The molecule has 0 bridgehead atoms. The highest BCUT2D eigenvalue weighted by molar-refractivity contribution is 5.81. The number of pyridine rings is 1. The zero-order valence-corrected chi connectivity index (χ0v) is 17.4. The molecule has 0 radical (unpaired) electrons. The van der Waals surface area contributed by atoms with E-state index in [4.69, 9.17) is 4.74 Å². The van der Waals surface area contributed by atoms with Crippen LogP contribution in [-0.2, 0) is 16.9 Å². The molecular weight excluding hydrogens is 420 g/mol. The van der Waals surface area contributed by atoms with Crippen molar-refractivity contribution in [1.82, 2.24) is 15.2 Å². The fourth-order valence-corrected chi connectivity index (χ4v) is 3.17. The Balaban J connectivity index is 2.03. The third-order valence-electron chi connectivity index (χ3n) is 4.87. The van der Waals surface area contributed by atoms with Gasteiger partial charge in [-0.3, -0.25) is 4.79 Å². The average Bonchev–Trinajstić information content (AvgIpc) is 2.77. The Morgan fingerprint density at radius 1 is 1.16 bits per heavy atom. The number of carbonyl (C=O) groups excluding carboxylic acids is 2. The van der Waals surface area contributed by atoms with Gasteiger partial charge in [0.05, 0.1) is 6.54 Å². The maximum absolute atomic E-state index is 14.9. The van der Waals surface area contributed by atoms with Gasteiger partial charge in [0, 0.05) is 24.9 Å². The summed E-state index contributed by atoms with van der Waals surface area (Å²) in [5.74, 6) is -1.49. The van der Waals surface area contributed by atoms with E-state index in [-0.39, 0.29) is 29.2 Å². The van der Waals surface area contributed by atoms with Gasteiger partial charge in [0.25, 0.3) is 5.56 Å². The number of amides is 2. The normalized spacial score (nSPS) is 12.5. The Bertz CT molecular complexity index is 1210.